The van der Waals surface area contributed by atoms with Gasteiger partial charge in [-0.3, -0.25) is 4.79 Å². The topological polar surface area (TPSA) is 76.8 Å². The highest BCUT2D eigenvalue weighted by Gasteiger charge is 2.62. The third-order valence-corrected chi connectivity index (χ3v) is 4.91. The van der Waals surface area contributed by atoms with Crippen molar-refractivity contribution < 1.29 is 14.3 Å². The fourth-order valence-electron chi connectivity index (χ4n) is 2.89. The minimum absolute atomic E-state index is 0. The maximum atomic E-state index is 12.4. The number of carbonyl (C=O) groups is 1. The van der Waals surface area contributed by atoms with E-state index in [9.17, 15) is 4.79 Å². The van der Waals surface area contributed by atoms with Crippen molar-refractivity contribution in [2.24, 2.45) is 11.1 Å². The van der Waals surface area contributed by atoms with Crippen molar-refractivity contribution in [2.75, 3.05) is 47.0 Å². The first kappa shape index (κ1) is 26.1. The highest BCUT2D eigenvalue weighted by Crippen LogP contribution is 2.49. The lowest BCUT2D eigenvalue weighted by Gasteiger charge is -2.57. The molecule has 0 aromatic heterocycles. The number of likely N-dealkylation sites (N-methyl/N-ethyl adjacent to an activating group) is 1. The lowest BCUT2D eigenvalue weighted by Crippen LogP contribution is -2.75. The number of hydrogen-bond acceptors (Lipinski definition) is 5. The molecular formula is C16H35Cl2N3O3. The van der Waals surface area contributed by atoms with Crippen LogP contribution in [0.25, 0.3) is 0 Å². The molecule has 0 spiro atoms. The minimum atomic E-state index is -0.825. The lowest BCUT2D eigenvalue weighted by molar-refractivity contribution is -0.170. The Hall–Kier alpha value is -0.110. The molecule has 24 heavy (non-hydrogen) atoms. The maximum absolute atomic E-state index is 12.4. The van der Waals surface area contributed by atoms with Crippen molar-refractivity contribution in [2.45, 2.75) is 45.3 Å². The first-order chi connectivity index (χ1) is 10.3. The summed E-state index contributed by atoms with van der Waals surface area (Å²) in [5, 5.41) is 2.98. The van der Waals surface area contributed by atoms with Gasteiger partial charge in [0.05, 0.1) is 12.7 Å². The second-order valence-electron chi connectivity index (χ2n) is 6.75. The van der Waals surface area contributed by atoms with Crippen LogP contribution in [0.4, 0.5) is 0 Å². The normalized spacial score (nSPS) is 24.5. The van der Waals surface area contributed by atoms with Crippen molar-refractivity contribution >= 4 is 30.7 Å². The summed E-state index contributed by atoms with van der Waals surface area (Å²) in [4.78, 5) is 14.6. The van der Waals surface area contributed by atoms with E-state index in [1.807, 2.05) is 27.8 Å². The number of hydrogen-bond donors (Lipinski definition) is 2. The number of methoxy groups -OCH3 is 1. The summed E-state index contributed by atoms with van der Waals surface area (Å²) in [6.07, 6.45) is 1.55. The van der Waals surface area contributed by atoms with Gasteiger partial charge in [0.15, 0.2) is 0 Å². The van der Waals surface area contributed by atoms with Crippen LogP contribution in [0.15, 0.2) is 0 Å². The molecule has 1 amide bonds. The number of ether oxygens (including phenoxy) is 2. The SMILES string of the molecule is CCOC1CC(N)(C(=O)NCCCN(C)CCOC)C1(C)C.Cl.Cl. The van der Waals surface area contributed by atoms with E-state index in [0.29, 0.717) is 19.6 Å². The van der Waals surface area contributed by atoms with Gasteiger partial charge in [0, 0.05) is 38.6 Å². The van der Waals surface area contributed by atoms with Gasteiger partial charge in [-0.1, -0.05) is 13.8 Å². The van der Waals surface area contributed by atoms with Crippen LogP contribution < -0.4 is 11.1 Å². The Morgan fingerprint density at radius 3 is 2.46 bits per heavy atom. The van der Waals surface area contributed by atoms with E-state index in [0.717, 1.165) is 26.1 Å². The van der Waals surface area contributed by atoms with Gasteiger partial charge in [0.2, 0.25) is 5.91 Å². The van der Waals surface area contributed by atoms with Crippen LogP contribution in [0.5, 0.6) is 0 Å². The summed E-state index contributed by atoms with van der Waals surface area (Å²) in [6, 6.07) is 0. The van der Waals surface area contributed by atoms with E-state index in [1.165, 1.54) is 0 Å². The van der Waals surface area contributed by atoms with Crippen molar-refractivity contribution in [3.63, 3.8) is 0 Å². The lowest BCUT2D eigenvalue weighted by atomic mass is 9.54. The first-order valence-electron chi connectivity index (χ1n) is 8.15. The molecule has 0 aliphatic heterocycles. The Morgan fingerprint density at radius 2 is 1.96 bits per heavy atom. The standard InChI is InChI=1S/C16H33N3O3.2ClH/c1-6-22-13-12-16(17,15(13,2)3)14(20)18-8-7-9-19(4)10-11-21-5;;/h13H,6-12,17H2,1-5H3,(H,18,20);2*1H. The number of nitrogens with zero attached hydrogens (tertiary/aromatic N) is 1. The van der Waals surface area contributed by atoms with Crippen molar-refractivity contribution in [1.29, 1.82) is 0 Å². The van der Waals surface area contributed by atoms with Crippen LogP contribution in [0, 0.1) is 5.41 Å². The van der Waals surface area contributed by atoms with E-state index in [2.05, 4.69) is 10.2 Å². The Kier molecular flexibility index (Phi) is 12.5. The molecule has 0 aromatic carbocycles. The van der Waals surface area contributed by atoms with Crippen LogP contribution in [0.2, 0.25) is 0 Å². The Labute approximate surface area is 159 Å². The molecule has 6 nitrogen and oxygen atoms in total. The molecule has 1 rings (SSSR count). The summed E-state index contributed by atoms with van der Waals surface area (Å²) in [6.45, 7) is 9.82. The number of nitrogens with one attached hydrogen (secondary N) is 1. The molecule has 0 radical (unpaired) electrons. The predicted octanol–water partition coefficient (Wildman–Crippen LogP) is 1.45. The molecule has 0 saturated heterocycles. The average Bonchev–Trinajstić information content (AvgIpc) is 2.48. The molecule has 1 fully saturated rings. The second kappa shape index (κ2) is 11.5. The number of amides is 1. The monoisotopic (exact) mass is 387 g/mol. The zero-order valence-corrected chi connectivity index (χ0v) is 17.2. The quantitative estimate of drug-likeness (QED) is 0.554. The van der Waals surface area contributed by atoms with Gasteiger partial charge in [0.25, 0.3) is 0 Å². The van der Waals surface area contributed by atoms with E-state index < -0.39 is 5.54 Å². The molecule has 8 heteroatoms. The second-order valence-corrected chi connectivity index (χ2v) is 6.75. The van der Waals surface area contributed by atoms with Gasteiger partial charge < -0.3 is 25.4 Å². The highest BCUT2D eigenvalue weighted by molar-refractivity contribution is 5.88. The van der Waals surface area contributed by atoms with Crippen LogP contribution in [-0.2, 0) is 14.3 Å². The molecule has 146 valence electrons. The summed E-state index contributed by atoms with van der Waals surface area (Å²) in [7, 11) is 3.75. The third-order valence-electron chi connectivity index (χ3n) is 4.91. The molecule has 1 aliphatic rings. The number of carbonyl (C=O) groups excluding carboxylic acids is 1. The molecule has 0 bridgehead atoms. The molecule has 3 N–H and O–H groups in total. The summed E-state index contributed by atoms with van der Waals surface area (Å²) >= 11 is 0. The Balaban J connectivity index is 0. The molecule has 2 unspecified atom stereocenters. The van der Waals surface area contributed by atoms with E-state index in [-0.39, 0.29) is 42.2 Å². The zero-order valence-electron chi connectivity index (χ0n) is 15.6. The van der Waals surface area contributed by atoms with Gasteiger partial charge in [-0.25, -0.2) is 0 Å². The molecular weight excluding hydrogens is 353 g/mol. The zero-order chi connectivity index (χ0) is 16.8. The minimum Gasteiger partial charge on any atom is -0.383 e. The largest absolute Gasteiger partial charge is 0.383 e. The van der Waals surface area contributed by atoms with Crippen molar-refractivity contribution in [3.05, 3.63) is 0 Å². The van der Waals surface area contributed by atoms with Crippen LogP contribution in [-0.4, -0.2) is 69.5 Å². The average molecular weight is 388 g/mol. The number of nitrogens with two attached hydrogens (primary N) is 1. The molecule has 0 heterocycles. The van der Waals surface area contributed by atoms with Gasteiger partial charge in [-0.15, -0.1) is 24.8 Å². The fourth-order valence-corrected chi connectivity index (χ4v) is 2.89. The van der Waals surface area contributed by atoms with E-state index >= 15 is 0 Å². The van der Waals surface area contributed by atoms with Crippen LogP contribution >= 0.6 is 24.8 Å². The highest BCUT2D eigenvalue weighted by atomic mass is 35.5. The molecule has 0 aromatic rings. The fraction of sp³-hybridized carbons (Fsp3) is 0.938. The Morgan fingerprint density at radius 1 is 1.33 bits per heavy atom. The van der Waals surface area contributed by atoms with Gasteiger partial charge in [-0.05, 0) is 26.9 Å². The molecule has 1 aliphatic carbocycles. The molecule has 1 saturated carbocycles. The number of halogens is 2. The first-order valence-corrected chi connectivity index (χ1v) is 8.15. The molecule has 2 atom stereocenters. The van der Waals surface area contributed by atoms with Crippen molar-refractivity contribution in [3.8, 4) is 0 Å². The number of rotatable bonds is 10. The predicted molar refractivity (Wildman–Crippen MR) is 102 cm³/mol. The Bertz CT molecular complexity index is 372. The van der Waals surface area contributed by atoms with Crippen molar-refractivity contribution in [1.82, 2.24) is 10.2 Å². The van der Waals surface area contributed by atoms with E-state index in [4.69, 9.17) is 15.2 Å². The summed E-state index contributed by atoms with van der Waals surface area (Å²) < 4.78 is 10.7. The summed E-state index contributed by atoms with van der Waals surface area (Å²) in [5.74, 6) is -0.0620. The van der Waals surface area contributed by atoms with Gasteiger partial charge >= 0.3 is 0 Å². The van der Waals surface area contributed by atoms with Gasteiger partial charge in [-0.2, -0.15) is 0 Å². The smallest absolute Gasteiger partial charge is 0.240 e. The summed E-state index contributed by atoms with van der Waals surface area (Å²) in [5.41, 5.74) is 5.18. The van der Waals surface area contributed by atoms with Crippen LogP contribution in [0.1, 0.15) is 33.6 Å². The van der Waals surface area contributed by atoms with Gasteiger partial charge in [0.1, 0.15) is 5.54 Å². The van der Waals surface area contributed by atoms with E-state index in [1.54, 1.807) is 7.11 Å². The van der Waals surface area contributed by atoms with Crippen LogP contribution in [0.3, 0.4) is 0 Å². The third kappa shape index (κ3) is 6.00. The maximum Gasteiger partial charge on any atom is 0.240 e.